The topological polar surface area (TPSA) is 124 Å². The van der Waals surface area contributed by atoms with E-state index in [9.17, 15) is 26.0 Å². The van der Waals surface area contributed by atoms with E-state index in [4.69, 9.17) is 10.9 Å². The molecule has 0 aliphatic carbocycles. The summed E-state index contributed by atoms with van der Waals surface area (Å²) in [5.74, 6) is -1.09. The first-order valence-corrected chi connectivity index (χ1v) is 9.39. The Bertz CT molecular complexity index is 1170. The fraction of sp³-hybridized carbons (Fsp3) is 0.0588. The molecular formula is C17H13F4N5O2S. The van der Waals surface area contributed by atoms with Crippen molar-refractivity contribution in [3.63, 3.8) is 0 Å². The van der Waals surface area contributed by atoms with Crippen molar-refractivity contribution in [3.05, 3.63) is 60.2 Å². The highest BCUT2D eigenvalue weighted by Gasteiger charge is 2.31. The minimum atomic E-state index is -4.69. The van der Waals surface area contributed by atoms with E-state index in [2.05, 4.69) is 15.3 Å². The molecule has 0 fully saturated rings. The van der Waals surface area contributed by atoms with Crippen LogP contribution in [0, 0.1) is 5.82 Å². The molecule has 0 aliphatic rings. The van der Waals surface area contributed by atoms with Gasteiger partial charge in [0.25, 0.3) is 0 Å². The maximum absolute atomic E-state index is 14.3. The molecule has 29 heavy (non-hydrogen) atoms. The molecule has 2 aromatic carbocycles. The van der Waals surface area contributed by atoms with Crippen molar-refractivity contribution >= 4 is 27.2 Å². The van der Waals surface area contributed by atoms with Crippen molar-refractivity contribution in [3.8, 4) is 11.3 Å². The molecule has 0 saturated heterocycles. The molecule has 1 aromatic heterocycles. The minimum absolute atomic E-state index is 0.0534. The van der Waals surface area contributed by atoms with Gasteiger partial charge in [0.05, 0.1) is 10.5 Å². The van der Waals surface area contributed by atoms with E-state index in [0.717, 1.165) is 18.5 Å². The number of rotatable bonds is 4. The second-order valence-corrected chi connectivity index (χ2v) is 7.43. The Morgan fingerprint density at radius 2 is 1.66 bits per heavy atom. The molecule has 0 saturated carbocycles. The highest BCUT2D eigenvalue weighted by atomic mass is 32.2. The van der Waals surface area contributed by atoms with Gasteiger partial charge in [0.1, 0.15) is 23.5 Å². The zero-order chi connectivity index (χ0) is 21.4. The third-order valence-corrected chi connectivity index (χ3v) is 4.81. The molecule has 5 N–H and O–H groups in total. The van der Waals surface area contributed by atoms with Crippen LogP contribution in [0.15, 0.2) is 53.7 Å². The molecule has 1 heterocycles. The smallest absolute Gasteiger partial charge is 0.394 e. The standard InChI is InChI=1S/C17H13F4N5O2S/c18-13-7-9(17(19,20)21)1-6-12(13)15-14(22)16(25-8-24-15)26-10-2-4-11(5-3-10)29(23,27)28/h1-8H,22H2,(H2,23,27,28)(H,24,25,26). The lowest BCUT2D eigenvalue weighted by atomic mass is 10.1. The van der Waals surface area contributed by atoms with Gasteiger partial charge in [-0.1, -0.05) is 0 Å². The van der Waals surface area contributed by atoms with Crippen LogP contribution >= 0.6 is 0 Å². The van der Waals surface area contributed by atoms with E-state index in [0.29, 0.717) is 11.8 Å². The summed E-state index contributed by atoms with van der Waals surface area (Å²) in [4.78, 5) is 7.68. The van der Waals surface area contributed by atoms with Crippen molar-refractivity contribution in [2.24, 2.45) is 5.14 Å². The highest BCUT2D eigenvalue weighted by molar-refractivity contribution is 7.89. The fourth-order valence-corrected chi connectivity index (χ4v) is 2.97. The number of primary sulfonamides is 1. The van der Waals surface area contributed by atoms with E-state index >= 15 is 0 Å². The Morgan fingerprint density at radius 1 is 1.00 bits per heavy atom. The third kappa shape index (κ3) is 4.43. The van der Waals surface area contributed by atoms with Crippen LogP contribution in [-0.4, -0.2) is 18.4 Å². The number of anilines is 3. The van der Waals surface area contributed by atoms with Crippen LogP contribution in [-0.2, 0) is 16.2 Å². The number of aromatic nitrogens is 2. The summed E-state index contributed by atoms with van der Waals surface area (Å²) in [6.07, 6.45) is -3.63. The van der Waals surface area contributed by atoms with Gasteiger partial charge in [-0.2, -0.15) is 13.2 Å². The van der Waals surface area contributed by atoms with Gasteiger partial charge in [-0.25, -0.2) is 27.9 Å². The number of hydrogen-bond acceptors (Lipinski definition) is 6. The first kappa shape index (κ1) is 20.5. The summed E-state index contributed by atoms with van der Waals surface area (Å²) >= 11 is 0. The predicted octanol–water partition coefficient (Wildman–Crippen LogP) is 3.27. The Kier molecular flexibility index (Phi) is 5.15. The lowest BCUT2D eigenvalue weighted by molar-refractivity contribution is -0.137. The first-order valence-electron chi connectivity index (χ1n) is 7.84. The number of halogens is 4. The Balaban J connectivity index is 1.94. The van der Waals surface area contributed by atoms with Gasteiger partial charge in [-0.05, 0) is 42.5 Å². The summed E-state index contributed by atoms with van der Waals surface area (Å²) < 4.78 is 75.0. The first-order chi connectivity index (χ1) is 13.5. The van der Waals surface area contributed by atoms with Crippen molar-refractivity contribution in [1.82, 2.24) is 9.97 Å². The maximum atomic E-state index is 14.3. The summed E-state index contributed by atoms with van der Waals surface area (Å²) in [5.41, 5.74) is 4.77. The summed E-state index contributed by atoms with van der Waals surface area (Å²) in [6.45, 7) is 0. The predicted molar refractivity (Wildman–Crippen MR) is 97.9 cm³/mol. The van der Waals surface area contributed by atoms with Gasteiger partial charge in [0.15, 0.2) is 5.82 Å². The van der Waals surface area contributed by atoms with E-state index < -0.39 is 27.6 Å². The largest absolute Gasteiger partial charge is 0.416 e. The zero-order valence-corrected chi connectivity index (χ0v) is 15.2. The van der Waals surface area contributed by atoms with Gasteiger partial charge in [0, 0.05) is 11.3 Å². The normalized spacial score (nSPS) is 12.0. The second-order valence-electron chi connectivity index (χ2n) is 5.87. The van der Waals surface area contributed by atoms with Crippen molar-refractivity contribution in [1.29, 1.82) is 0 Å². The van der Waals surface area contributed by atoms with Gasteiger partial charge in [-0.15, -0.1) is 0 Å². The van der Waals surface area contributed by atoms with E-state index in [1.165, 1.54) is 24.3 Å². The van der Waals surface area contributed by atoms with E-state index in [1.807, 2.05) is 0 Å². The van der Waals surface area contributed by atoms with Crippen LogP contribution in [0.5, 0.6) is 0 Å². The highest BCUT2D eigenvalue weighted by Crippen LogP contribution is 2.35. The molecule has 0 radical (unpaired) electrons. The lowest BCUT2D eigenvalue weighted by Gasteiger charge is -2.13. The molecule has 3 aromatic rings. The van der Waals surface area contributed by atoms with Crippen LogP contribution in [0.2, 0.25) is 0 Å². The summed E-state index contributed by atoms with van der Waals surface area (Å²) in [7, 11) is -3.86. The van der Waals surface area contributed by atoms with Gasteiger partial charge in [0.2, 0.25) is 10.0 Å². The van der Waals surface area contributed by atoms with Gasteiger partial charge >= 0.3 is 6.18 Å². The molecule has 12 heteroatoms. The molecule has 0 atom stereocenters. The molecular weight excluding hydrogens is 414 g/mol. The van der Waals surface area contributed by atoms with Crippen LogP contribution in [0.3, 0.4) is 0 Å². The third-order valence-electron chi connectivity index (χ3n) is 3.88. The number of nitrogens with one attached hydrogen (secondary N) is 1. The molecule has 0 aliphatic heterocycles. The van der Waals surface area contributed by atoms with Crippen LogP contribution < -0.4 is 16.2 Å². The van der Waals surface area contributed by atoms with Crippen molar-refractivity contribution in [2.45, 2.75) is 11.1 Å². The number of benzene rings is 2. The average molecular weight is 427 g/mol. The van der Waals surface area contributed by atoms with Crippen molar-refractivity contribution in [2.75, 3.05) is 11.1 Å². The van der Waals surface area contributed by atoms with Gasteiger partial charge < -0.3 is 11.1 Å². The Labute approximate surface area is 162 Å². The molecule has 7 nitrogen and oxygen atoms in total. The minimum Gasteiger partial charge on any atom is -0.394 e. The maximum Gasteiger partial charge on any atom is 0.416 e. The monoisotopic (exact) mass is 427 g/mol. The van der Waals surface area contributed by atoms with Crippen LogP contribution in [0.25, 0.3) is 11.3 Å². The van der Waals surface area contributed by atoms with E-state index in [1.54, 1.807) is 0 Å². The number of nitrogen functional groups attached to an aromatic ring is 1. The molecule has 0 spiro atoms. The number of nitrogens with two attached hydrogens (primary N) is 2. The Hall–Kier alpha value is -3.25. The summed E-state index contributed by atoms with van der Waals surface area (Å²) in [5, 5.41) is 7.83. The molecule has 152 valence electrons. The quantitative estimate of drug-likeness (QED) is 0.549. The van der Waals surface area contributed by atoms with E-state index in [-0.39, 0.29) is 27.7 Å². The summed E-state index contributed by atoms with van der Waals surface area (Å²) in [6, 6.07) is 7.33. The Morgan fingerprint density at radius 3 is 2.21 bits per heavy atom. The number of hydrogen-bond donors (Lipinski definition) is 3. The second kappa shape index (κ2) is 7.29. The van der Waals surface area contributed by atoms with Crippen LogP contribution in [0.1, 0.15) is 5.56 Å². The molecule has 3 rings (SSSR count). The molecule has 0 bridgehead atoms. The lowest BCUT2D eigenvalue weighted by Crippen LogP contribution is -2.12. The average Bonchev–Trinajstić information content (AvgIpc) is 2.63. The van der Waals surface area contributed by atoms with Gasteiger partial charge in [-0.3, -0.25) is 0 Å². The van der Waals surface area contributed by atoms with Crippen molar-refractivity contribution < 1.29 is 26.0 Å². The number of sulfonamides is 1. The molecule has 0 unspecified atom stereocenters. The SMILES string of the molecule is Nc1c(Nc2ccc(S(N)(=O)=O)cc2)ncnc1-c1ccc(C(F)(F)F)cc1F. The van der Waals surface area contributed by atoms with Crippen LogP contribution in [0.4, 0.5) is 34.8 Å². The number of nitrogens with zero attached hydrogens (tertiary/aromatic N) is 2. The number of alkyl halides is 3. The zero-order valence-electron chi connectivity index (χ0n) is 14.4. The fourth-order valence-electron chi connectivity index (χ4n) is 2.46. The molecule has 0 amide bonds.